The molecule has 8 N–H and O–H groups in total. The molecule has 3 unspecified atom stereocenters. The summed E-state index contributed by atoms with van der Waals surface area (Å²) in [6.07, 6.45) is -5.58. The van der Waals surface area contributed by atoms with Gasteiger partial charge in [-0.1, -0.05) is 57.9 Å². The third-order valence-corrected chi connectivity index (χ3v) is 16.0. The zero-order chi connectivity index (χ0) is 39.9. The van der Waals surface area contributed by atoms with E-state index >= 15 is 0 Å². The Labute approximate surface area is 321 Å². The molecule has 0 radical (unpaired) electrons. The Bertz CT molecular complexity index is 1400. The predicted octanol–water partition coefficient (Wildman–Crippen LogP) is 2.95. The second-order valence-electron chi connectivity index (χ2n) is 19.6. The summed E-state index contributed by atoms with van der Waals surface area (Å²) < 4.78 is 24.4. The fraction of sp³-hybridized carbons (Fsp3) is 0.905. The summed E-state index contributed by atoms with van der Waals surface area (Å²) in [5.41, 5.74) is 1.12. The number of aliphatic hydroxyl groups is 8. The van der Waals surface area contributed by atoms with E-state index in [-0.39, 0.29) is 46.5 Å². The van der Waals surface area contributed by atoms with E-state index in [0.29, 0.717) is 19.3 Å². The van der Waals surface area contributed by atoms with Gasteiger partial charge < -0.3 is 59.8 Å². The molecule has 2 heterocycles. The number of rotatable bonds is 8. The standard InChI is InChI=1S/C42H70O12/c1-20(2)11-10-12-21(3)23-13-16-41(8)29(23)24(43)17-27-40(7)15-14-28(44)39(5,6)36(40)25(18-42(27,41)9)53-38-35(50)33(48)31(46)26(54-38)19-51-37-34(49)32(47)30(45)22(4)52-37/h11-12,22-38,43-50H,10,13-19H2,1-9H3/b21-12-/t22-,23+,24+,25+,26+,27?,28?,29?,30-,31+,32+,33-,34+,35+,36-,37+,38+,40+,41+,42+/m0/s1. The van der Waals surface area contributed by atoms with E-state index in [1.807, 2.05) is 0 Å². The quantitative estimate of drug-likeness (QED) is 0.133. The lowest BCUT2D eigenvalue weighted by Crippen LogP contribution is -2.70. The van der Waals surface area contributed by atoms with Crippen molar-refractivity contribution in [2.45, 2.75) is 187 Å². The highest BCUT2D eigenvalue weighted by atomic mass is 16.7. The van der Waals surface area contributed by atoms with Crippen LogP contribution in [0, 0.1) is 45.3 Å². The summed E-state index contributed by atoms with van der Waals surface area (Å²) in [6.45, 7) is 18.7. The van der Waals surface area contributed by atoms with Gasteiger partial charge in [0.05, 0.1) is 31.0 Å². The molecule has 54 heavy (non-hydrogen) atoms. The minimum Gasteiger partial charge on any atom is -0.393 e. The maximum atomic E-state index is 12.2. The van der Waals surface area contributed by atoms with Crippen LogP contribution >= 0.6 is 0 Å². The van der Waals surface area contributed by atoms with Crippen LogP contribution in [-0.4, -0.2) is 127 Å². The monoisotopic (exact) mass is 766 g/mol. The molecule has 0 spiro atoms. The molecule has 0 aromatic heterocycles. The molecule has 12 heteroatoms. The Kier molecular flexibility index (Phi) is 12.1. The lowest BCUT2D eigenvalue weighted by molar-refractivity contribution is -0.354. The van der Waals surface area contributed by atoms with Crippen molar-refractivity contribution in [1.82, 2.24) is 0 Å². The summed E-state index contributed by atoms with van der Waals surface area (Å²) in [5, 5.41) is 88.0. The van der Waals surface area contributed by atoms with Crippen LogP contribution < -0.4 is 0 Å². The summed E-state index contributed by atoms with van der Waals surface area (Å²) >= 11 is 0. The Morgan fingerprint density at radius 2 is 1.39 bits per heavy atom. The van der Waals surface area contributed by atoms with Crippen molar-refractivity contribution in [2.24, 2.45) is 45.3 Å². The largest absolute Gasteiger partial charge is 0.393 e. The Balaban J connectivity index is 1.30. The third kappa shape index (κ3) is 6.89. The highest BCUT2D eigenvalue weighted by molar-refractivity contribution is 5.24. The van der Waals surface area contributed by atoms with Crippen molar-refractivity contribution in [2.75, 3.05) is 6.61 Å². The average molecular weight is 767 g/mol. The molecule has 4 aliphatic carbocycles. The van der Waals surface area contributed by atoms with Gasteiger partial charge in [-0.05, 0) is 118 Å². The van der Waals surface area contributed by atoms with Crippen molar-refractivity contribution >= 4 is 0 Å². The van der Waals surface area contributed by atoms with E-state index in [1.165, 1.54) is 18.1 Å². The maximum Gasteiger partial charge on any atom is 0.186 e. The van der Waals surface area contributed by atoms with Crippen LogP contribution in [0.5, 0.6) is 0 Å². The van der Waals surface area contributed by atoms with Crippen LogP contribution in [0.15, 0.2) is 23.3 Å². The molecule has 0 aromatic rings. The molecule has 20 atom stereocenters. The molecular formula is C42H70O12. The lowest BCUT2D eigenvalue weighted by atomic mass is 9.34. The second kappa shape index (κ2) is 15.3. The Hall–Kier alpha value is -1.00. The van der Waals surface area contributed by atoms with Gasteiger partial charge in [0.1, 0.15) is 42.7 Å². The van der Waals surface area contributed by atoms with E-state index in [1.54, 1.807) is 0 Å². The van der Waals surface area contributed by atoms with Gasteiger partial charge in [-0.25, -0.2) is 0 Å². The first-order valence-corrected chi connectivity index (χ1v) is 20.4. The molecule has 6 fully saturated rings. The van der Waals surface area contributed by atoms with Crippen molar-refractivity contribution in [3.63, 3.8) is 0 Å². The molecule has 310 valence electrons. The van der Waals surface area contributed by atoms with Gasteiger partial charge in [0, 0.05) is 0 Å². The van der Waals surface area contributed by atoms with E-state index in [0.717, 1.165) is 25.7 Å². The number of hydrogen-bond donors (Lipinski definition) is 8. The van der Waals surface area contributed by atoms with Crippen molar-refractivity contribution < 1.29 is 59.8 Å². The first kappa shape index (κ1) is 42.6. The average Bonchev–Trinajstić information content (AvgIpc) is 3.48. The Morgan fingerprint density at radius 3 is 2.06 bits per heavy atom. The van der Waals surface area contributed by atoms with E-state index in [9.17, 15) is 40.9 Å². The van der Waals surface area contributed by atoms with Crippen LogP contribution in [0.4, 0.5) is 0 Å². The molecule has 0 bridgehead atoms. The SMILES string of the molecule is CC(C)=CC/C=C(/C)[C@H]1CC[C@]2(C)C1[C@H](O)CC1[C@@]3(C)CCC(O)C(C)(C)[C@@H]3[C@H](O[C@@H]3O[C@H](CO[C@@H]4O[C@@H](C)[C@H](O)[C@@H](O)[C@H]4O)[C@@H](O)[C@H](O)[C@H]3O)C[C@]12C. The highest BCUT2D eigenvalue weighted by Crippen LogP contribution is 2.76. The molecule has 0 aromatic carbocycles. The molecule has 4 saturated carbocycles. The minimum atomic E-state index is -1.65. The van der Waals surface area contributed by atoms with Crippen molar-refractivity contribution in [3.8, 4) is 0 Å². The summed E-state index contributed by atoms with van der Waals surface area (Å²) in [5.74, 6) is 0.245. The molecule has 2 saturated heterocycles. The molecule has 6 aliphatic rings. The van der Waals surface area contributed by atoms with Gasteiger partial charge in [0.25, 0.3) is 0 Å². The zero-order valence-corrected chi connectivity index (χ0v) is 33.8. The number of ether oxygens (including phenoxy) is 4. The number of hydrogen-bond acceptors (Lipinski definition) is 12. The first-order chi connectivity index (χ1) is 25.1. The van der Waals surface area contributed by atoms with Gasteiger partial charge in [0.2, 0.25) is 0 Å². The predicted molar refractivity (Wildman–Crippen MR) is 199 cm³/mol. The smallest absolute Gasteiger partial charge is 0.186 e. The normalized spacial score (nSPS) is 53.3. The highest BCUT2D eigenvalue weighted by Gasteiger charge is 2.73. The third-order valence-electron chi connectivity index (χ3n) is 16.0. The van der Waals surface area contributed by atoms with Crippen LogP contribution in [0.3, 0.4) is 0 Å². The summed E-state index contributed by atoms with van der Waals surface area (Å²) in [4.78, 5) is 0. The van der Waals surface area contributed by atoms with Crippen LogP contribution in [-0.2, 0) is 18.9 Å². The van der Waals surface area contributed by atoms with Crippen LogP contribution in [0.1, 0.15) is 107 Å². The number of aliphatic hydroxyl groups excluding tert-OH is 8. The first-order valence-electron chi connectivity index (χ1n) is 20.4. The molecule has 6 rings (SSSR count). The molecular weight excluding hydrogens is 696 g/mol. The Morgan fingerprint density at radius 1 is 0.741 bits per heavy atom. The second-order valence-corrected chi connectivity index (χ2v) is 19.6. The topological polar surface area (TPSA) is 199 Å². The fourth-order valence-corrected chi connectivity index (χ4v) is 12.8. The fourth-order valence-electron chi connectivity index (χ4n) is 12.8. The van der Waals surface area contributed by atoms with Gasteiger partial charge in [-0.3, -0.25) is 0 Å². The minimum absolute atomic E-state index is 0.0550. The molecule has 0 amide bonds. The number of fused-ring (bicyclic) bond motifs is 5. The number of allylic oxidation sites excluding steroid dienone is 4. The lowest BCUT2D eigenvalue weighted by Gasteiger charge is -2.72. The van der Waals surface area contributed by atoms with E-state index in [2.05, 4.69) is 67.5 Å². The molecule has 12 nitrogen and oxygen atoms in total. The van der Waals surface area contributed by atoms with Crippen molar-refractivity contribution in [1.29, 1.82) is 0 Å². The summed E-state index contributed by atoms with van der Waals surface area (Å²) in [7, 11) is 0. The van der Waals surface area contributed by atoms with Gasteiger partial charge in [-0.15, -0.1) is 0 Å². The van der Waals surface area contributed by atoms with Crippen molar-refractivity contribution in [3.05, 3.63) is 23.3 Å². The summed E-state index contributed by atoms with van der Waals surface area (Å²) in [6, 6.07) is 0. The van der Waals surface area contributed by atoms with E-state index < -0.39 is 85.1 Å². The van der Waals surface area contributed by atoms with Gasteiger partial charge in [0.15, 0.2) is 12.6 Å². The maximum absolute atomic E-state index is 12.2. The molecule has 2 aliphatic heterocycles. The zero-order valence-electron chi connectivity index (χ0n) is 33.8. The van der Waals surface area contributed by atoms with Gasteiger partial charge in [-0.2, -0.15) is 0 Å². The van der Waals surface area contributed by atoms with Crippen LogP contribution in [0.2, 0.25) is 0 Å². The van der Waals surface area contributed by atoms with E-state index in [4.69, 9.17) is 18.9 Å². The van der Waals surface area contributed by atoms with Crippen LogP contribution in [0.25, 0.3) is 0 Å². The van der Waals surface area contributed by atoms with Gasteiger partial charge >= 0.3 is 0 Å².